The van der Waals surface area contributed by atoms with E-state index in [2.05, 4.69) is 5.10 Å². The van der Waals surface area contributed by atoms with Gasteiger partial charge in [0.25, 0.3) is 0 Å². The van der Waals surface area contributed by atoms with Crippen molar-refractivity contribution in [3.63, 3.8) is 0 Å². The van der Waals surface area contributed by atoms with Crippen molar-refractivity contribution in [3.05, 3.63) is 12.3 Å². The minimum absolute atomic E-state index is 0.0662. The Morgan fingerprint density at radius 2 is 1.82 bits per heavy atom. The monoisotopic (exact) mass is 308 g/mol. The fourth-order valence-corrected chi connectivity index (χ4v) is 2.06. The van der Waals surface area contributed by atoms with E-state index in [4.69, 9.17) is 14.0 Å². The van der Waals surface area contributed by atoms with Gasteiger partial charge in [0.1, 0.15) is 12.1 Å². The molecule has 1 fully saturated rings. The Bertz CT molecular complexity index is 544. The summed E-state index contributed by atoms with van der Waals surface area (Å²) in [5.74, 6) is -0.323. The van der Waals surface area contributed by atoms with Crippen LogP contribution in [0.25, 0.3) is 0 Å². The number of carbonyl (C=O) groups is 1. The van der Waals surface area contributed by atoms with Crippen LogP contribution < -0.4 is 5.59 Å². The Labute approximate surface area is 132 Å². The lowest BCUT2D eigenvalue weighted by Gasteiger charge is -2.32. The summed E-state index contributed by atoms with van der Waals surface area (Å²) in [6, 6.07) is 1.80. The molecular formula is C15H25BN2O4. The number of rotatable bonds is 3. The van der Waals surface area contributed by atoms with E-state index in [1.807, 2.05) is 48.5 Å². The third kappa shape index (κ3) is 3.70. The molecule has 0 bridgehead atoms. The number of esters is 1. The lowest BCUT2D eigenvalue weighted by molar-refractivity contribution is -0.155. The summed E-state index contributed by atoms with van der Waals surface area (Å²) in [4.78, 5) is 11.8. The molecule has 0 amide bonds. The number of carbonyl (C=O) groups excluding carboxylic acids is 1. The minimum Gasteiger partial charge on any atom is -0.459 e. The molecule has 1 aliphatic heterocycles. The first-order valence-corrected chi connectivity index (χ1v) is 7.50. The van der Waals surface area contributed by atoms with E-state index in [1.54, 1.807) is 12.3 Å². The van der Waals surface area contributed by atoms with Crippen LogP contribution in [0.15, 0.2) is 12.3 Å². The number of ether oxygens (including phenoxy) is 1. The fourth-order valence-electron chi connectivity index (χ4n) is 2.06. The van der Waals surface area contributed by atoms with Crippen molar-refractivity contribution in [2.45, 2.75) is 71.8 Å². The average Bonchev–Trinajstić information content (AvgIpc) is 2.79. The Balaban J connectivity index is 2.03. The van der Waals surface area contributed by atoms with Gasteiger partial charge in [0.05, 0.1) is 16.8 Å². The van der Waals surface area contributed by atoms with Crippen molar-refractivity contribution in [1.82, 2.24) is 9.78 Å². The molecule has 1 aliphatic rings. The van der Waals surface area contributed by atoms with Crippen molar-refractivity contribution < 1.29 is 18.8 Å². The summed E-state index contributed by atoms with van der Waals surface area (Å²) in [5.41, 5.74) is -0.667. The van der Waals surface area contributed by atoms with Gasteiger partial charge in [0.15, 0.2) is 0 Å². The molecule has 1 aromatic rings. The molecule has 0 unspecified atom stereocenters. The second-order valence-electron chi connectivity index (χ2n) is 7.61. The minimum atomic E-state index is -0.523. The van der Waals surface area contributed by atoms with Gasteiger partial charge in [-0.3, -0.25) is 9.48 Å². The maximum atomic E-state index is 11.8. The SMILES string of the molecule is CC(C)(C)OC(=O)Cn1ccc(B2OC(C)(C)C(C)(C)O2)n1. The van der Waals surface area contributed by atoms with Crippen LogP contribution in [0.5, 0.6) is 0 Å². The maximum absolute atomic E-state index is 11.8. The summed E-state index contributed by atoms with van der Waals surface area (Å²) >= 11 is 0. The average molecular weight is 308 g/mol. The van der Waals surface area contributed by atoms with Crippen LogP contribution in [0.2, 0.25) is 0 Å². The van der Waals surface area contributed by atoms with Crippen LogP contribution in [0.1, 0.15) is 48.5 Å². The van der Waals surface area contributed by atoms with Crippen molar-refractivity contribution in [2.24, 2.45) is 0 Å². The molecule has 0 spiro atoms. The second-order valence-corrected chi connectivity index (χ2v) is 7.61. The van der Waals surface area contributed by atoms with E-state index in [-0.39, 0.29) is 12.5 Å². The van der Waals surface area contributed by atoms with Crippen molar-refractivity contribution in [1.29, 1.82) is 0 Å². The smallest absolute Gasteiger partial charge is 0.459 e. The molecule has 0 aliphatic carbocycles. The number of nitrogens with zero attached hydrogens (tertiary/aromatic N) is 2. The zero-order valence-electron chi connectivity index (χ0n) is 14.5. The molecule has 2 rings (SSSR count). The highest BCUT2D eigenvalue weighted by molar-refractivity contribution is 6.61. The first-order valence-electron chi connectivity index (χ1n) is 7.50. The summed E-state index contributed by atoms with van der Waals surface area (Å²) < 4.78 is 18.7. The van der Waals surface area contributed by atoms with Crippen LogP contribution in [-0.2, 0) is 25.4 Å². The normalized spacial score (nSPS) is 20.2. The molecule has 6 nitrogen and oxygen atoms in total. The standard InChI is InChI=1S/C15H25BN2O4/c1-13(2,3)20-12(19)10-18-9-8-11(17-18)16-21-14(4,5)15(6,7)22-16/h8-9H,10H2,1-7H3. The largest absolute Gasteiger partial charge is 0.516 e. The van der Waals surface area contributed by atoms with E-state index < -0.39 is 23.9 Å². The van der Waals surface area contributed by atoms with Crippen LogP contribution >= 0.6 is 0 Å². The fraction of sp³-hybridized carbons (Fsp3) is 0.733. The Morgan fingerprint density at radius 3 is 2.32 bits per heavy atom. The Morgan fingerprint density at radius 1 is 1.27 bits per heavy atom. The van der Waals surface area contributed by atoms with Gasteiger partial charge in [0.2, 0.25) is 0 Å². The number of hydrogen-bond donors (Lipinski definition) is 0. The zero-order chi connectivity index (χ0) is 16.8. The molecule has 122 valence electrons. The van der Waals surface area contributed by atoms with Crippen molar-refractivity contribution in [3.8, 4) is 0 Å². The van der Waals surface area contributed by atoms with E-state index in [0.717, 1.165) is 0 Å². The van der Waals surface area contributed by atoms with Gasteiger partial charge in [-0.1, -0.05) is 0 Å². The lowest BCUT2D eigenvalue weighted by Crippen LogP contribution is -2.41. The predicted octanol–water partition coefficient (Wildman–Crippen LogP) is 1.52. The van der Waals surface area contributed by atoms with Crippen LogP contribution in [-0.4, -0.2) is 39.7 Å². The van der Waals surface area contributed by atoms with E-state index in [1.165, 1.54) is 4.68 Å². The third-order valence-corrected chi connectivity index (χ3v) is 3.87. The van der Waals surface area contributed by atoms with Crippen LogP contribution in [0.4, 0.5) is 0 Å². The predicted molar refractivity (Wildman–Crippen MR) is 83.8 cm³/mol. The maximum Gasteiger partial charge on any atom is 0.516 e. The summed E-state index contributed by atoms with van der Waals surface area (Å²) in [6.07, 6.45) is 1.73. The van der Waals surface area contributed by atoms with E-state index >= 15 is 0 Å². The molecule has 0 radical (unpaired) electrons. The first kappa shape index (κ1) is 17.0. The van der Waals surface area contributed by atoms with Gasteiger partial charge in [-0.25, -0.2) is 0 Å². The summed E-state index contributed by atoms with van der Waals surface area (Å²) in [6.45, 7) is 13.5. The van der Waals surface area contributed by atoms with Crippen molar-refractivity contribution in [2.75, 3.05) is 0 Å². The van der Waals surface area contributed by atoms with E-state index in [0.29, 0.717) is 5.59 Å². The van der Waals surface area contributed by atoms with Crippen LogP contribution in [0.3, 0.4) is 0 Å². The van der Waals surface area contributed by atoms with Gasteiger partial charge >= 0.3 is 13.1 Å². The van der Waals surface area contributed by atoms with Gasteiger partial charge in [-0.15, -0.1) is 0 Å². The first-order chi connectivity index (χ1) is 9.90. The highest BCUT2D eigenvalue weighted by Crippen LogP contribution is 2.36. The van der Waals surface area contributed by atoms with E-state index in [9.17, 15) is 4.79 Å². The van der Waals surface area contributed by atoms with Crippen molar-refractivity contribution >= 4 is 18.7 Å². The molecule has 22 heavy (non-hydrogen) atoms. The zero-order valence-corrected chi connectivity index (χ0v) is 14.5. The highest BCUT2D eigenvalue weighted by atomic mass is 16.7. The molecule has 0 saturated carbocycles. The molecule has 1 saturated heterocycles. The molecular weight excluding hydrogens is 283 g/mol. The molecule has 0 atom stereocenters. The molecule has 7 heteroatoms. The number of hydrogen-bond acceptors (Lipinski definition) is 5. The number of aromatic nitrogens is 2. The second kappa shape index (κ2) is 5.39. The summed E-state index contributed by atoms with van der Waals surface area (Å²) in [7, 11) is -0.523. The topological polar surface area (TPSA) is 62.6 Å². The third-order valence-electron chi connectivity index (χ3n) is 3.87. The Hall–Kier alpha value is -1.34. The van der Waals surface area contributed by atoms with Crippen LogP contribution in [0, 0.1) is 0 Å². The highest BCUT2D eigenvalue weighted by Gasteiger charge is 2.52. The van der Waals surface area contributed by atoms with Gasteiger partial charge < -0.3 is 14.0 Å². The molecule has 2 heterocycles. The molecule has 0 N–H and O–H groups in total. The molecule has 1 aromatic heterocycles. The quantitative estimate of drug-likeness (QED) is 0.626. The van der Waals surface area contributed by atoms with Gasteiger partial charge in [-0.05, 0) is 54.5 Å². The van der Waals surface area contributed by atoms with Gasteiger partial charge in [-0.2, -0.15) is 5.10 Å². The molecule has 0 aromatic carbocycles. The van der Waals surface area contributed by atoms with Gasteiger partial charge in [0, 0.05) is 6.20 Å². The summed E-state index contributed by atoms with van der Waals surface area (Å²) in [5, 5.41) is 4.36. The lowest BCUT2D eigenvalue weighted by atomic mass is 9.85. The Kier molecular flexibility index (Phi) is 4.17.